The highest BCUT2D eigenvalue weighted by atomic mass is 32.1. The van der Waals surface area contributed by atoms with Gasteiger partial charge in [0, 0.05) is 0 Å². The quantitative estimate of drug-likeness (QED) is 0.386. The number of aliphatic imine (C=N–C) groups is 1. The maximum Gasteiger partial charge on any atom is 0.0691 e. The van der Waals surface area contributed by atoms with Gasteiger partial charge in [-0.05, 0) is 68.5 Å². The molecule has 1 saturated carbocycles. The van der Waals surface area contributed by atoms with Gasteiger partial charge in [0.2, 0.25) is 0 Å². The van der Waals surface area contributed by atoms with E-state index in [1.54, 1.807) is 5.57 Å². The molecule has 0 saturated heterocycles. The van der Waals surface area contributed by atoms with E-state index in [4.69, 9.17) is 12.2 Å². The van der Waals surface area contributed by atoms with Crippen molar-refractivity contribution in [3.8, 4) is 0 Å². The van der Waals surface area contributed by atoms with Crippen LogP contribution in [-0.2, 0) is 0 Å². The summed E-state index contributed by atoms with van der Waals surface area (Å²) in [4.78, 5) is 4.45. The van der Waals surface area contributed by atoms with Crippen LogP contribution in [0.15, 0.2) is 16.6 Å². The standard InChI is InChI=1S/C16H25NS/c1-12(2)14-6-5-13(3)16(9-14)8-7-15(4,10-16)17-11-18/h9,12-13H,5-8,10H2,1-4H3/t13-,15?,16?/m0/s1. The van der Waals surface area contributed by atoms with Crippen LogP contribution in [0.25, 0.3) is 0 Å². The zero-order chi connectivity index (χ0) is 13.4. The fraction of sp³-hybridized carbons (Fsp3) is 0.812. The highest BCUT2D eigenvalue weighted by Crippen LogP contribution is 2.55. The Morgan fingerprint density at radius 3 is 2.78 bits per heavy atom. The molecule has 2 heteroatoms. The van der Waals surface area contributed by atoms with Crippen LogP contribution in [0.3, 0.4) is 0 Å². The van der Waals surface area contributed by atoms with Crippen molar-refractivity contribution >= 4 is 17.4 Å². The van der Waals surface area contributed by atoms with E-state index >= 15 is 0 Å². The van der Waals surface area contributed by atoms with Gasteiger partial charge < -0.3 is 0 Å². The van der Waals surface area contributed by atoms with Crippen molar-refractivity contribution in [1.82, 2.24) is 0 Å². The second-order valence-corrected chi connectivity index (χ2v) is 7.11. The monoisotopic (exact) mass is 263 g/mol. The number of hydrogen-bond donors (Lipinski definition) is 0. The zero-order valence-corrected chi connectivity index (χ0v) is 12.9. The molecule has 0 aliphatic heterocycles. The van der Waals surface area contributed by atoms with E-state index in [0.717, 1.165) is 18.8 Å². The summed E-state index contributed by atoms with van der Waals surface area (Å²) < 4.78 is 0. The first-order chi connectivity index (χ1) is 8.41. The number of isothiocyanates is 1. The zero-order valence-electron chi connectivity index (χ0n) is 12.1. The third-order valence-corrected chi connectivity index (χ3v) is 5.31. The summed E-state index contributed by atoms with van der Waals surface area (Å²) in [5.74, 6) is 1.47. The van der Waals surface area contributed by atoms with Crippen molar-refractivity contribution in [2.75, 3.05) is 0 Å². The molecule has 3 atom stereocenters. The molecular formula is C16H25NS. The number of thiocarbonyl (C=S) groups is 1. The molecule has 0 aromatic rings. The van der Waals surface area contributed by atoms with Crippen LogP contribution < -0.4 is 0 Å². The molecule has 0 heterocycles. The molecule has 0 amide bonds. The molecule has 0 aromatic heterocycles. The predicted molar refractivity (Wildman–Crippen MR) is 81.0 cm³/mol. The normalized spacial score (nSPS) is 39.8. The first-order valence-electron chi connectivity index (χ1n) is 7.21. The molecule has 0 bridgehead atoms. The average molecular weight is 263 g/mol. The topological polar surface area (TPSA) is 12.4 Å². The minimum Gasteiger partial charge on any atom is -0.226 e. The maximum absolute atomic E-state index is 4.81. The molecule has 0 aromatic carbocycles. The van der Waals surface area contributed by atoms with Crippen molar-refractivity contribution in [2.24, 2.45) is 22.2 Å². The maximum atomic E-state index is 4.81. The van der Waals surface area contributed by atoms with Crippen LogP contribution in [0.1, 0.15) is 59.8 Å². The minimum absolute atomic E-state index is 0.0337. The second kappa shape index (κ2) is 4.90. The van der Waals surface area contributed by atoms with Gasteiger partial charge in [-0.25, -0.2) is 4.99 Å². The molecule has 2 rings (SSSR count). The van der Waals surface area contributed by atoms with Gasteiger partial charge in [-0.3, -0.25) is 0 Å². The SMILES string of the molecule is CC(C)C1=CC2(CCC(C)(N=C=S)C2)[C@@H](C)CC1. The lowest BCUT2D eigenvalue weighted by atomic mass is 9.66. The molecule has 2 aliphatic rings. The summed E-state index contributed by atoms with van der Waals surface area (Å²) in [6.45, 7) is 9.30. The molecule has 100 valence electrons. The molecule has 0 N–H and O–H groups in total. The van der Waals surface area contributed by atoms with Crippen molar-refractivity contribution in [3.63, 3.8) is 0 Å². The van der Waals surface area contributed by atoms with E-state index in [-0.39, 0.29) is 5.54 Å². The van der Waals surface area contributed by atoms with E-state index < -0.39 is 0 Å². The van der Waals surface area contributed by atoms with Crippen molar-refractivity contribution in [3.05, 3.63) is 11.6 Å². The van der Waals surface area contributed by atoms with Crippen molar-refractivity contribution in [2.45, 2.75) is 65.3 Å². The van der Waals surface area contributed by atoms with Gasteiger partial charge in [-0.15, -0.1) is 0 Å². The lowest BCUT2D eigenvalue weighted by Gasteiger charge is -2.39. The smallest absolute Gasteiger partial charge is 0.0691 e. The minimum atomic E-state index is 0.0337. The van der Waals surface area contributed by atoms with Gasteiger partial charge in [-0.1, -0.05) is 32.4 Å². The second-order valence-electron chi connectivity index (χ2n) is 6.92. The molecule has 0 radical (unpaired) electrons. The third kappa shape index (κ3) is 2.46. The van der Waals surface area contributed by atoms with Crippen LogP contribution >= 0.6 is 12.2 Å². The largest absolute Gasteiger partial charge is 0.226 e. The Kier molecular flexibility index (Phi) is 3.80. The number of hydrogen-bond acceptors (Lipinski definition) is 2. The molecule has 1 nitrogen and oxygen atoms in total. The Morgan fingerprint density at radius 1 is 1.44 bits per heavy atom. The van der Waals surface area contributed by atoms with Crippen LogP contribution in [-0.4, -0.2) is 10.7 Å². The van der Waals surface area contributed by atoms with Gasteiger partial charge in [0.25, 0.3) is 0 Å². The first-order valence-corrected chi connectivity index (χ1v) is 7.62. The summed E-state index contributed by atoms with van der Waals surface area (Å²) >= 11 is 4.81. The number of rotatable bonds is 2. The summed E-state index contributed by atoms with van der Waals surface area (Å²) in [5, 5.41) is 2.61. The van der Waals surface area contributed by atoms with Gasteiger partial charge in [0.15, 0.2) is 0 Å². The highest BCUT2D eigenvalue weighted by molar-refractivity contribution is 7.78. The van der Waals surface area contributed by atoms with Crippen molar-refractivity contribution in [1.29, 1.82) is 0 Å². The Hall–Kier alpha value is -0.460. The Balaban J connectivity index is 2.30. The fourth-order valence-corrected chi connectivity index (χ4v) is 4.07. The third-order valence-electron chi connectivity index (χ3n) is 5.22. The van der Waals surface area contributed by atoms with Crippen LogP contribution in [0.4, 0.5) is 0 Å². The number of nitrogens with zero attached hydrogens (tertiary/aromatic N) is 1. The summed E-state index contributed by atoms with van der Waals surface area (Å²) in [6.07, 6.45) is 8.80. The molecule has 2 aliphatic carbocycles. The molecule has 1 spiro atoms. The summed E-state index contributed by atoms with van der Waals surface area (Å²) in [7, 11) is 0. The van der Waals surface area contributed by atoms with Crippen LogP contribution in [0.5, 0.6) is 0 Å². The lowest BCUT2D eigenvalue weighted by Crippen LogP contribution is -2.31. The number of allylic oxidation sites excluding steroid dienone is 2. The molecule has 2 unspecified atom stereocenters. The van der Waals surface area contributed by atoms with Crippen molar-refractivity contribution < 1.29 is 0 Å². The van der Waals surface area contributed by atoms with E-state index in [0.29, 0.717) is 11.3 Å². The summed E-state index contributed by atoms with van der Waals surface area (Å²) in [5.41, 5.74) is 2.07. The summed E-state index contributed by atoms with van der Waals surface area (Å²) in [6, 6.07) is 0. The van der Waals surface area contributed by atoms with Gasteiger partial charge >= 0.3 is 0 Å². The lowest BCUT2D eigenvalue weighted by molar-refractivity contribution is 0.209. The Labute approximate surface area is 117 Å². The van der Waals surface area contributed by atoms with Crippen LogP contribution in [0.2, 0.25) is 0 Å². The van der Waals surface area contributed by atoms with Gasteiger partial charge in [-0.2, -0.15) is 0 Å². The fourth-order valence-electron chi connectivity index (χ4n) is 3.85. The van der Waals surface area contributed by atoms with Gasteiger partial charge in [0.05, 0.1) is 10.7 Å². The Bertz CT molecular complexity index is 405. The van der Waals surface area contributed by atoms with E-state index in [2.05, 4.69) is 43.9 Å². The average Bonchev–Trinajstić information content (AvgIpc) is 2.62. The Morgan fingerprint density at radius 2 is 2.17 bits per heavy atom. The first kappa shape index (κ1) is 14.0. The molecule has 18 heavy (non-hydrogen) atoms. The van der Waals surface area contributed by atoms with Gasteiger partial charge in [0.1, 0.15) is 0 Å². The van der Waals surface area contributed by atoms with E-state index in [9.17, 15) is 0 Å². The molecule has 1 fully saturated rings. The predicted octanol–water partition coefficient (Wildman–Crippen LogP) is 5.03. The molecular weight excluding hydrogens is 238 g/mol. The highest BCUT2D eigenvalue weighted by Gasteiger charge is 2.48. The van der Waals surface area contributed by atoms with Crippen LogP contribution in [0, 0.1) is 17.3 Å². The van der Waals surface area contributed by atoms with E-state index in [1.807, 2.05) is 0 Å². The van der Waals surface area contributed by atoms with E-state index in [1.165, 1.54) is 19.3 Å².